The van der Waals surface area contributed by atoms with E-state index < -0.39 is 0 Å². The van der Waals surface area contributed by atoms with E-state index in [0.29, 0.717) is 11.8 Å². The van der Waals surface area contributed by atoms with Gasteiger partial charge in [0.25, 0.3) is 5.89 Å². The van der Waals surface area contributed by atoms with Crippen LogP contribution in [0.2, 0.25) is 0 Å². The maximum atomic E-state index is 12.4. The molecule has 0 unspecified atom stereocenters. The molecule has 0 aliphatic carbocycles. The van der Waals surface area contributed by atoms with Crippen molar-refractivity contribution in [3.8, 4) is 10.8 Å². The summed E-state index contributed by atoms with van der Waals surface area (Å²) >= 11 is 1.59. The predicted octanol–water partition coefficient (Wildman–Crippen LogP) is 3.05. The number of thiophene rings is 1. The minimum absolute atomic E-state index is 0.0538. The monoisotopic (exact) mass is 348 g/mol. The third-order valence-electron chi connectivity index (χ3n) is 4.32. The molecule has 6 nitrogen and oxygen atoms in total. The van der Waals surface area contributed by atoms with Gasteiger partial charge >= 0.3 is 0 Å². The summed E-state index contributed by atoms with van der Waals surface area (Å²) in [6.07, 6.45) is 0. The Bertz CT molecular complexity index is 682. The molecule has 2 aromatic rings. The Hall–Kier alpha value is -1.73. The highest BCUT2D eigenvalue weighted by Gasteiger charge is 2.32. The summed E-state index contributed by atoms with van der Waals surface area (Å²) in [6, 6.07) is 4.00. The van der Waals surface area contributed by atoms with Crippen LogP contribution in [-0.2, 0) is 4.79 Å². The number of hydrogen-bond acceptors (Lipinski definition) is 6. The van der Waals surface area contributed by atoms with Crippen molar-refractivity contribution in [2.24, 2.45) is 5.41 Å². The summed E-state index contributed by atoms with van der Waals surface area (Å²) in [5, 5.41) is 10.4. The Labute approximate surface area is 146 Å². The maximum absolute atomic E-state index is 12.4. The first-order valence-corrected chi connectivity index (χ1v) is 9.15. The lowest BCUT2D eigenvalue weighted by Gasteiger charge is -2.39. The van der Waals surface area contributed by atoms with Crippen molar-refractivity contribution in [1.82, 2.24) is 20.0 Å². The number of hydrogen-bond donors (Lipinski definition) is 0. The predicted molar refractivity (Wildman–Crippen MR) is 93.6 cm³/mol. The fourth-order valence-electron chi connectivity index (χ4n) is 2.85. The van der Waals surface area contributed by atoms with Crippen LogP contribution in [-0.4, -0.2) is 52.1 Å². The Morgan fingerprint density at radius 2 is 1.96 bits per heavy atom. The van der Waals surface area contributed by atoms with Crippen LogP contribution in [0.25, 0.3) is 10.8 Å². The van der Waals surface area contributed by atoms with Gasteiger partial charge < -0.3 is 9.32 Å². The van der Waals surface area contributed by atoms with Gasteiger partial charge in [-0.1, -0.05) is 26.8 Å². The Morgan fingerprint density at radius 3 is 2.54 bits per heavy atom. The Balaban J connectivity index is 1.61. The molecule has 2 aromatic heterocycles. The molecule has 0 N–H and O–H groups in total. The van der Waals surface area contributed by atoms with E-state index in [2.05, 4.69) is 22.0 Å². The summed E-state index contributed by atoms with van der Waals surface area (Å²) in [5.74, 6) is 1.43. The first-order chi connectivity index (χ1) is 11.4. The van der Waals surface area contributed by atoms with Crippen LogP contribution in [0.5, 0.6) is 0 Å². The standard InChI is InChI=1S/C17H24N4O2S/c1-12(14-18-19-15(23-14)13-6-5-11-24-13)20-7-9-21(10-8-20)16(22)17(2,3)4/h5-6,11-12H,7-10H2,1-4H3/t12-/m0/s1. The molecule has 0 aromatic carbocycles. The molecule has 1 fully saturated rings. The lowest BCUT2D eigenvalue weighted by atomic mass is 9.94. The van der Waals surface area contributed by atoms with Gasteiger partial charge in [0.1, 0.15) is 0 Å². The molecule has 0 saturated carbocycles. The van der Waals surface area contributed by atoms with E-state index in [1.54, 1.807) is 11.3 Å². The molecule has 1 saturated heterocycles. The molecule has 0 radical (unpaired) electrons. The highest BCUT2D eigenvalue weighted by molar-refractivity contribution is 7.13. The van der Waals surface area contributed by atoms with Crippen LogP contribution in [0.1, 0.15) is 39.6 Å². The molecule has 130 valence electrons. The van der Waals surface area contributed by atoms with E-state index in [9.17, 15) is 4.79 Å². The van der Waals surface area contributed by atoms with Crippen molar-refractivity contribution in [3.05, 3.63) is 23.4 Å². The van der Waals surface area contributed by atoms with Gasteiger partial charge in [0.05, 0.1) is 10.9 Å². The number of aromatic nitrogens is 2. The highest BCUT2D eigenvalue weighted by atomic mass is 32.1. The third kappa shape index (κ3) is 3.52. The molecular formula is C17H24N4O2S. The van der Waals surface area contributed by atoms with E-state index in [0.717, 1.165) is 31.1 Å². The van der Waals surface area contributed by atoms with Crippen molar-refractivity contribution in [3.63, 3.8) is 0 Å². The van der Waals surface area contributed by atoms with Crippen molar-refractivity contribution < 1.29 is 9.21 Å². The number of amides is 1. The van der Waals surface area contributed by atoms with Crippen molar-refractivity contribution in [2.45, 2.75) is 33.7 Å². The zero-order valence-corrected chi connectivity index (χ0v) is 15.5. The normalized spacial score (nSPS) is 17.9. The number of piperazine rings is 1. The van der Waals surface area contributed by atoms with E-state index in [4.69, 9.17) is 4.42 Å². The molecule has 1 aliphatic rings. The Morgan fingerprint density at radius 1 is 1.25 bits per heavy atom. The van der Waals surface area contributed by atoms with Crippen LogP contribution in [0.15, 0.2) is 21.9 Å². The van der Waals surface area contributed by atoms with Crippen LogP contribution in [0.4, 0.5) is 0 Å². The molecule has 24 heavy (non-hydrogen) atoms. The smallest absolute Gasteiger partial charge is 0.257 e. The fraction of sp³-hybridized carbons (Fsp3) is 0.588. The SMILES string of the molecule is C[C@@H](c1nnc(-c2cccs2)o1)N1CCN(C(=O)C(C)(C)C)CC1. The zero-order valence-electron chi connectivity index (χ0n) is 14.7. The molecule has 3 heterocycles. The molecule has 7 heteroatoms. The fourth-order valence-corrected chi connectivity index (χ4v) is 3.49. The second kappa shape index (κ2) is 6.64. The second-order valence-electron chi connectivity index (χ2n) is 7.18. The van der Waals surface area contributed by atoms with E-state index in [-0.39, 0.29) is 17.4 Å². The van der Waals surface area contributed by atoms with Gasteiger partial charge in [0.2, 0.25) is 11.8 Å². The first-order valence-electron chi connectivity index (χ1n) is 8.27. The average Bonchev–Trinajstić information content (AvgIpc) is 3.23. The van der Waals surface area contributed by atoms with Crippen LogP contribution in [0.3, 0.4) is 0 Å². The van der Waals surface area contributed by atoms with Gasteiger partial charge in [-0.3, -0.25) is 9.69 Å². The summed E-state index contributed by atoms with van der Waals surface area (Å²) in [4.78, 5) is 17.6. The summed E-state index contributed by atoms with van der Waals surface area (Å²) < 4.78 is 5.84. The third-order valence-corrected chi connectivity index (χ3v) is 5.18. The lowest BCUT2D eigenvalue weighted by Crippen LogP contribution is -2.52. The second-order valence-corrected chi connectivity index (χ2v) is 8.12. The minimum Gasteiger partial charge on any atom is -0.418 e. The zero-order chi connectivity index (χ0) is 17.3. The number of rotatable bonds is 3. The lowest BCUT2D eigenvalue weighted by molar-refractivity contribution is -0.141. The molecule has 3 rings (SSSR count). The number of carbonyl (C=O) groups excluding carboxylic acids is 1. The van der Waals surface area contributed by atoms with Crippen molar-refractivity contribution in [1.29, 1.82) is 0 Å². The molecule has 1 atom stereocenters. The van der Waals surface area contributed by atoms with Crippen molar-refractivity contribution >= 4 is 17.2 Å². The summed E-state index contributed by atoms with van der Waals surface area (Å²) in [5.41, 5.74) is -0.324. The van der Waals surface area contributed by atoms with Gasteiger partial charge in [-0.05, 0) is 18.4 Å². The van der Waals surface area contributed by atoms with Gasteiger partial charge in [-0.25, -0.2) is 0 Å². The van der Waals surface area contributed by atoms with E-state index in [1.165, 1.54) is 0 Å². The molecule has 1 aliphatic heterocycles. The van der Waals surface area contributed by atoms with Gasteiger partial charge in [0, 0.05) is 31.6 Å². The molecule has 0 bridgehead atoms. The number of carbonyl (C=O) groups is 1. The quantitative estimate of drug-likeness (QED) is 0.853. The van der Waals surface area contributed by atoms with Gasteiger partial charge in [-0.15, -0.1) is 21.5 Å². The molecular weight excluding hydrogens is 324 g/mol. The number of nitrogens with zero attached hydrogens (tertiary/aromatic N) is 4. The summed E-state index contributed by atoms with van der Waals surface area (Å²) in [6.45, 7) is 11.1. The van der Waals surface area contributed by atoms with Crippen molar-refractivity contribution in [2.75, 3.05) is 26.2 Å². The first kappa shape index (κ1) is 17.1. The maximum Gasteiger partial charge on any atom is 0.257 e. The van der Waals surface area contributed by atoms with Gasteiger partial charge in [0.15, 0.2) is 0 Å². The highest BCUT2D eigenvalue weighted by Crippen LogP contribution is 2.27. The average molecular weight is 348 g/mol. The largest absolute Gasteiger partial charge is 0.418 e. The Kier molecular flexibility index (Phi) is 4.73. The summed E-state index contributed by atoms with van der Waals surface area (Å²) in [7, 11) is 0. The minimum atomic E-state index is -0.324. The van der Waals surface area contributed by atoms with E-state index >= 15 is 0 Å². The molecule has 0 spiro atoms. The van der Waals surface area contributed by atoms with E-state index in [1.807, 2.05) is 43.2 Å². The van der Waals surface area contributed by atoms with Crippen LogP contribution in [0, 0.1) is 5.41 Å². The topological polar surface area (TPSA) is 62.5 Å². The van der Waals surface area contributed by atoms with Crippen LogP contribution >= 0.6 is 11.3 Å². The van der Waals surface area contributed by atoms with Crippen LogP contribution < -0.4 is 0 Å². The van der Waals surface area contributed by atoms with Gasteiger partial charge in [-0.2, -0.15) is 0 Å². The molecule has 1 amide bonds.